The second kappa shape index (κ2) is 5.29. The molecule has 1 heterocycles. The van der Waals surface area contributed by atoms with Crippen LogP contribution in [0.1, 0.15) is 24.0 Å². The molecule has 1 aromatic carbocycles. The number of carbonyl (C=O) groups excluding carboxylic acids is 1. The summed E-state index contributed by atoms with van der Waals surface area (Å²) in [6.07, 6.45) is 9.86. The molecular formula is C17H15NO2. The molecule has 1 aliphatic carbocycles. The van der Waals surface area contributed by atoms with E-state index in [0.29, 0.717) is 11.6 Å². The summed E-state index contributed by atoms with van der Waals surface area (Å²) >= 11 is 0. The van der Waals surface area contributed by atoms with Gasteiger partial charge in [-0.1, -0.05) is 35.9 Å². The topological polar surface area (TPSA) is 38.7 Å². The van der Waals surface area contributed by atoms with Crippen molar-refractivity contribution in [2.75, 3.05) is 0 Å². The molecule has 100 valence electrons. The quantitative estimate of drug-likeness (QED) is 0.466. The highest BCUT2D eigenvalue weighted by atomic mass is 16.6. The van der Waals surface area contributed by atoms with E-state index in [1.165, 1.54) is 0 Å². The standard InChI is InChI=1S/C17H15NO2/c1-12-7-9-14(10-8-12)16-18-15(17(19)20-16)11-13-5-3-2-4-6-13/h2-3,6-11H,4-5H2,1H3/b15-11-. The first-order valence-electron chi connectivity index (χ1n) is 6.66. The van der Waals surface area contributed by atoms with Crippen molar-refractivity contribution in [3.8, 4) is 0 Å². The first-order valence-corrected chi connectivity index (χ1v) is 6.66. The Morgan fingerprint density at radius 3 is 2.70 bits per heavy atom. The smallest absolute Gasteiger partial charge is 0.363 e. The lowest BCUT2D eigenvalue weighted by atomic mass is 10.1. The van der Waals surface area contributed by atoms with Crippen molar-refractivity contribution >= 4 is 11.9 Å². The molecular weight excluding hydrogens is 250 g/mol. The average Bonchev–Trinajstić information content (AvgIpc) is 2.82. The van der Waals surface area contributed by atoms with Gasteiger partial charge in [-0.25, -0.2) is 9.79 Å². The van der Waals surface area contributed by atoms with Crippen molar-refractivity contribution in [3.63, 3.8) is 0 Å². The van der Waals surface area contributed by atoms with E-state index in [2.05, 4.69) is 23.2 Å². The lowest BCUT2D eigenvalue weighted by Crippen LogP contribution is -2.05. The van der Waals surface area contributed by atoms with E-state index < -0.39 is 0 Å². The average molecular weight is 265 g/mol. The molecule has 0 amide bonds. The van der Waals surface area contributed by atoms with Gasteiger partial charge in [0.1, 0.15) is 0 Å². The number of carbonyl (C=O) groups is 1. The van der Waals surface area contributed by atoms with Crippen molar-refractivity contribution in [3.05, 3.63) is 71.0 Å². The Kier molecular flexibility index (Phi) is 3.33. The van der Waals surface area contributed by atoms with Gasteiger partial charge in [-0.2, -0.15) is 0 Å². The van der Waals surface area contributed by atoms with Crippen molar-refractivity contribution in [2.45, 2.75) is 19.8 Å². The molecule has 2 aliphatic rings. The molecule has 0 atom stereocenters. The Balaban J connectivity index is 1.86. The molecule has 0 fully saturated rings. The van der Waals surface area contributed by atoms with Crippen LogP contribution in [0.3, 0.4) is 0 Å². The van der Waals surface area contributed by atoms with E-state index in [1.54, 1.807) is 0 Å². The number of ether oxygens (including phenoxy) is 1. The normalized spacial score (nSPS) is 19.9. The van der Waals surface area contributed by atoms with Crippen LogP contribution in [0.25, 0.3) is 0 Å². The number of hydrogen-bond acceptors (Lipinski definition) is 3. The minimum atomic E-state index is -0.379. The zero-order valence-corrected chi connectivity index (χ0v) is 11.3. The van der Waals surface area contributed by atoms with Gasteiger partial charge in [0.2, 0.25) is 5.90 Å². The van der Waals surface area contributed by atoms with Gasteiger partial charge in [-0.15, -0.1) is 0 Å². The van der Waals surface area contributed by atoms with Crippen LogP contribution in [0, 0.1) is 6.92 Å². The fourth-order valence-corrected chi connectivity index (χ4v) is 2.14. The Morgan fingerprint density at radius 1 is 1.20 bits per heavy atom. The van der Waals surface area contributed by atoms with E-state index >= 15 is 0 Å². The highest BCUT2D eigenvalue weighted by Crippen LogP contribution is 2.21. The summed E-state index contributed by atoms with van der Waals surface area (Å²) in [6.45, 7) is 2.01. The largest absolute Gasteiger partial charge is 0.402 e. The first kappa shape index (κ1) is 12.6. The summed E-state index contributed by atoms with van der Waals surface area (Å²) in [6, 6.07) is 7.77. The van der Waals surface area contributed by atoms with Crippen LogP contribution < -0.4 is 0 Å². The molecule has 0 bridgehead atoms. The first-order chi connectivity index (χ1) is 9.72. The van der Waals surface area contributed by atoms with Gasteiger partial charge < -0.3 is 4.74 Å². The van der Waals surface area contributed by atoms with Crippen LogP contribution in [0.5, 0.6) is 0 Å². The van der Waals surface area contributed by atoms with Gasteiger partial charge in [-0.05, 0) is 43.5 Å². The molecule has 0 radical (unpaired) electrons. The van der Waals surface area contributed by atoms with E-state index in [1.807, 2.05) is 37.3 Å². The fourth-order valence-electron chi connectivity index (χ4n) is 2.14. The monoisotopic (exact) mass is 265 g/mol. The molecule has 3 rings (SSSR count). The summed E-state index contributed by atoms with van der Waals surface area (Å²) in [5, 5.41) is 0. The number of nitrogens with zero attached hydrogens (tertiary/aromatic N) is 1. The number of hydrogen-bond donors (Lipinski definition) is 0. The number of rotatable bonds is 2. The van der Waals surface area contributed by atoms with Crippen LogP contribution in [0.15, 0.2) is 64.8 Å². The van der Waals surface area contributed by atoms with E-state index in [0.717, 1.165) is 29.5 Å². The maximum absolute atomic E-state index is 11.8. The molecule has 3 heteroatoms. The predicted molar refractivity (Wildman–Crippen MR) is 78.3 cm³/mol. The van der Waals surface area contributed by atoms with Crippen molar-refractivity contribution in [1.29, 1.82) is 0 Å². The zero-order chi connectivity index (χ0) is 13.9. The Morgan fingerprint density at radius 2 is 2.00 bits per heavy atom. The number of allylic oxidation sites excluding steroid dienone is 5. The Bertz CT molecular complexity index is 661. The molecule has 0 saturated carbocycles. The van der Waals surface area contributed by atoms with Gasteiger partial charge in [0.05, 0.1) is 0 Å². The Labute approximate surface area is 118 Å². The zero-order valence-electron chi connectivity index (χ0n) is 11.3. The summed E-state index contributed by atoms with van der Waals surface area (Å²) in [7, 11) is 0. The van der Waals surface area contributed by atoms with Crippen LogP contribution in [0.2, 0.25) is 0 Å². The second-order valence-corrected chi connectivity index (χ2v) is 4.89. The van der Waals surface area contributed by atoms with Gasteiger partial charge in [0.25, 0.3) is 0 Å². The molecule has 20 heavy (non-hydrogen) atoms. The molecule has 0 unspecified atom stereocenters. The summed E-state index contributed by atoms with van der Waals surface area (Å²) in [5.74, 6) is 0.00392. The van der Waals surface area contributed by atoms with Crippen molar-refractivity contribution in [2.24, 2.45) is 4.99 Å². The van der Waals surface area contributed by atoms with E-state index in [4.69, 9.17) is 4.74 Å². The fraction of sp³-hybridized carbons (Fsp3) is 0.176. The number of benzene rings is 1. The van der Waals surface area contributed by atoms with Gasteiger partial charge >= 0.3 is 5.97 Å². The number of esters is 1. The van der Waals surface area contributed by atoms with Gasteiger partial charge in [0.15, 0.2) is 5.70 Å². The van der Waals surface area contributed by atoms with Gasteiger partial charge in [-0.3, -0.25) is 0 Å². The number of aliphatic imine (C=N–C) groups is 1. The molecule has 0 aromatic heterocycles. The minimum Gasteiger partial charge on any atom is -0.402 e. The third kappa shape index (κ3) is 2.62. The van der Waals surface area contributed by atoms with Crippen molar-refractivity contribution < 1.29 is 9.53 Å². The summed E-state index contributed by atoms with van der Waals surface area (Å²) in [5.41, 5.74) is 3.47. The van der Waals surface area contributed by atoms with Crippen LogP contribution in [0.4, 0.5) is 0 Å². The minimum absolute atomic E-state index is 0.377. The number of cyclic esters (lactones) is 1. The lowest BCUT2D eigenvalue weighted by molar-refractivity contribution is -0.130. The summed E-state index contributed by atoms with van der Waals surface area (Å²) in [4.78, 5) is 16.2. The van der Waals surface area contributed by atoms with E-state index in [-0.39, 0.29) is 5.97 Å². The SMILES string of the molecule is Cc1ccc(C2=N/C(=C\C3=CCC=CC3)C(=O)O2)cc1. The maximum atomic E-state index is 11.8. The number of aryl methyl sites for hydroxylation is 1. The molecule has 0 saturated heterocycles. The summed E-state index contributed by atoms with van der Waals surface area (Å²) < 4.78 is 5.24. The molecule has 1 aromatic rings. The van der Waals surface area contributed by atoms with Crippen LogP contribution in [-0.2, 0) is 9.53 Å². The highest BCUT2D eigenvalue weighted by molar-refractivity contribution is 6.11. The van der Waals surface area contributed by atoms with E-state index in [9.17, 15) is 4.79 Å². The molecule has 1 aliphatic heterocycles. The van der Waals surface area contributed by atoms with Crippen molar-refractivity contribution in [1.82, 2.24) is 0 Å². The third-order valence-electron chi connectivity index (χ3n) is 3.28. The maximum Gasteiger partial charge on any atom is 0.363 e. The molecule has 3 nitrogen and oxygen atoms in total. The molecule has 0 spiro atoms. The molecule has 0 N–H and O–H groups in total. The second-order valence-electron chi connectivity index (χ2n) is 4.89. The lowest BCUT2D eigenvalue weighted by Gasteiger charge is -2.02. The third-order valence-corrected chi connectivity index (χ3v) is 3.28. The van der Waals surface area contributed by atoms with Crippen LogP contribution in [-0.4, -0.2) is 11.9 Å². The van der Waals surface area contributed by atoms with Gasteiger partial charge in [0, 0.05) is 5.56 Å². The highest BCUT2D eigenvalue weighted by Gasteiger charge is 2.24. The Hall–Kier alpha value is -2.42. The predicted octanol–water partition coefficient (Wildman–Crippen LogP) is 3.46. The van der Waals surface area contributed by atoms with Crippen LogP contribution >= 0.6 is 0 Å².